The smallest absolute Gasteiger partial charge is 0.266 e. The number of rotatable bonds is 6. The molecule has 0 aromatic heterocycles. The van der Waals surface area contributed by atoms with Crippen LogP contribution >= 0.6 is 0 Å². The number of nitrogens with zero attached hydrogens (tertiary/aromatic N) is 3. The van der Waals surface area contributed by atoms with Crippen LogP contribution < -0.4 is 10.6 Å². The minimum absolute atomic E-state index is 0.0994. The molecular formula is C26H28F2N4O4. The van der Waals surface area contributed by atoms with Crippen LogP contribution in [-0.2, 0) is 29.3 Å². The molecule has 3 amide bonds. The molecule has 36 heavy (non-hydrogen) atoms. The van der Waals surface area contributed by atoms with Gasteiger partial charge in [0.15, 0.2) is 0 Å². The number of nitrogens with two attached hydrogens (primary N) is 1. The Hall–Kier alpha value is -3.37. The van der Waals surface area contributed by atoms with E-state index in [2.05, 4.69) is 0 Å². The van der Waals surface area contributed by atoms with E-state index < -0.39 is 23.8 Å². The Bertz CT molecular complexity index is 1180. The van der Waals surface area contributed by atoms with Gasteiger partial charge in [0.2, 0.25) is 5.91 Å². The maximum Gasteiger partial charge on any atom is 0.266 e. The highest BCUT2D eigenvalue weighted by atomic mass is 19.3. The first kappa shape index (κ1) is 24.3. The van der Waals surface area contributed by atoms with E-state index in [4.69, 9.17) is 10.6 Å². The van der Waals surface area contributed by atoms with E-state index in [1.54, 1.807) is 18.2 Å². The Balaban J connectivity index is 1.21. The molecule has 3 aliphatic rings. The first-order valence-corrected chi connectivity index (χ1v) is 12.1. The van der Waals surface area contributed by atoms with Gasteiger partial charge in [-0.3, -0.25) is 19.3 Å². The summed E-state index contributed by atoms with van der Waals surface area (Å²) in [6, 6.07) is 12.3. The van der Waals surface area contributed by atoms with Crippen LogP contribution in [-0.4, -0.2) is 57.6 Å². The monoisotopic (exact) mass is 498 g/mol. The van der Waals surface area contributed by atoms with Crippen molar-refractivity contribution < 1.29 is 27.9 Å². The SMILES string of the molecule is NN1C(=O)CCC(N2Cc3c(OCc4ccc(CN5CCC(F)(F)CC5)cc4)cccc3C2=O)C1=O. The molecule has 10 heteroatoms. The number of halogens is 2. The quantitative estimate of drug-likeness (QED) is 0.374. The second-order valence-corrected chi connectivity index (χ2v) is 9.61. The summed E-state index contributed by atoms with van der Waals surface area (Å²) >= 11 is 0. The van der Waals surface area contributed by atoms with E-state index >= 15 is 0 Å². The zero-order chi connectivity index (χ0) is 25.4. The lowest BCUT2D eigenvalue weighted by atomic mass is 10.0. The second kappa shape index (κ2) is 9.59. The number of carbonyl (C=O) groups is 3. The topological polar surface area (TPSA) is 96.2 Å². The molecule has 1 atom stereocenters. The van der Waals surface area contributed by atoms with E-state index in [1.807, 2.05) is 29.2 Å². The van der Waals surface area contributed by atoms with Gasteiger partial charge in [-0.2, -0.15) is 0 Å². The van der Waals surface area contributed by atoms with E-state index in [0.29, 0.717) is 41.5 Å². The average Bonchev–Trinajstić information content (AvgIpc) is 3.20. The Morgan fingerprint density at radius 2 is 1.69 bits per heavy atom. The van der Waals surface area contributed by atoms with Crippen molar-refractivity contribution in [2.75, 3.05) is 13.1 Å². The Labute approximate surface area is 207 Å². The first-order chi connectivity index (χ1) is 17.2. The molecule has 2 aromatic carbocycles. The summed E-state index contributed by atoms with van der Waals surface area (Å²) in [4.78, 5) is 40.7. The third kappa shape index (κ3) is 4.83. The highest BCUT2D eigenvalue weighted by Crippen LogP contribution is 2.34. The fourth-order valence-electron chi connectivity index (χ4n) is 4.99. The van der Waals surface area contributed by atoms with Gasteiger partial charge in [0.1, 0.15) is 18.4 Å². The van der Waals surface area contributed by atoms with Crippen LogP contribution in [0.2, 0.25) is 0 Å². The molecule has 3 aliphatic heterocycles. The van der Waals surface area contributed by atoms with Crippen LogP contribution in [0, 0.1) is 0 Å². The van der Waals surface area contributed by atoms with Gasteiger partial charge < -0.3 is 9.64 Å². The van der Waals surface area contributed by atoms with Gasteiger partial charge in [0, 0.05) is 50.0 Å². The molecule has 2 saturated heterocycles. The number of likely N-dealkylation sites (tertiary alicyclic amines) is 1. The number of imide groups is 1. The standard InChI is InChI=1S/C26H28F2N4O4/c27-26(28)10-12-30(13-11-26)14-17-4-6-18(7-5-17)16-36-22-3-1-2-19-20(22)15-31(24(19)34)21-8-9-23(33)32(29)25(21)35/h1-7,21H,8-16,29H2. The van der Waals surface area contributed by atoms with Gasteiger partial charge in [-0.1, -0.05) is 30.3 Å². The number of hydrogen-bond acceptors (Lipinski definition) is 6. The molecule has 0 saturated carbocycles. The van der Waals surface area contributed by atoms with Crippen LogP contribution in [0.15, 0.2) is 42.5 Å². The van der Waals surface area contributed by atoms with Gasteiger partial charge in [0.05, 0.1) is 6.54 Å². The summed E-state index contributed by atoms with van der Waals surface area (Å²) < 4.78 is 32.8. The predicted octanol–water partition coefficient (Wildman–Crippen LogP) is 2.84. The third-order valence-electron chi connectivity index (χ3n) is 7.16. The fraction of sp³-hybridized carbons (Fsp3) is 0.423. The minimum atomic E-state index is -2.55. The van der Waals surface area contributed by atoms with Crippen molar-refractivity contribution >= 4 is 17.7 Å². The molecule has 1 unspecified atom stereocenters. The van der Waals surface area contributed by atoms with Crippen molar-refractivity contribution in [2.45, 2.75) is 57.3 Å². The Morgan fingerprint density at radius 3 is 2.42 bits per heavy atom. The van der Waals surface area contributed by atoms with Crippen molar-refractivity contribution in [1.82, 2.24) is 14.8 Å². The molecule has 0 radical (unpaired) electrons. The minimum Gasteiger partial charge on any atom is -0.489 e. The van der Waals surface area contributed by atoms with Crippen molar-refractivity contribution in [3.05, 3.63) is 64.7 Å². The van der Waals surface area contributed by atoms with E-state index in [0.717, 1.165) is 11.1 Å². The lowest BCUT2D eigenvalue weighted by molar-refractivity contribution is -0.152. The molecule has 190 valence electrons. The van der Waals surface area contributed by atoms with Crippen LogP contribution in [0.5, 0.6) is 5.75 Å². The Kier molecular flexibility index (Phi) is 6.48. The van der Waals surface area contributed by atoms with Crippen LogP contribution in [0.1, 0.15) is 52.7 Å². The number of carbonyl (C=O) groups excluding carboxylic acids is 3. The van der Waals surface area contributed by atoms with Gasteiger partial charge >= 0.3 is 0 Å². The molecule has 8 nitrogen and oxygen atoms in total. The number of benzene rings is 2. The van der Waals surface area contributed by atoms with Crippen LogP contribution in [0.3, 0.4) is 0 Å². The fourth-order valence-corrected chi connectivity index (χ4v) is 4.99. The molecule has 0 spiro atoms. The van der Waals surface area contributed by atoms with Crippen molar-refractivity contribution in [3.8, 4) is 5.75 Å². The van der Waals surface area contributed by atoms with E-state index in [1.165, 1.54) is 4.90 Å². The molecule has 2 fully saturated rings. The predicted molar refractivity (Wildman–Crippen MR) is 126 cm³/mol. The van der Waals surface area contributed by atoms with Crippen molar-refractivity contribution in [2.24, 2.45) is 5.84 Å². The third-order valence-corrected chi connectivity index (χ3v) is 7.16. The summed E-state index contributed by atoms with van der Waals surface area (Å²) in [6.45, 7) is 1.90. The first-order valence-electron chi connectivity index (χ1n) is 12.1. The highest BCUT2D eigenvalue weighted by molar-refractivity contribution is 6.05. The van der Waals surface area contributed by atoms with E-state index in [-0.39, 0.29) is 44.7 Å². The second-order valence-electron chi connectivity index (χ2n) is 9.61. The molecular weight excluding hydrogens is 470 g/mol. The molecule has 5 rings (SSSR count). The van der Waals surface area contributed by atoms with Gasteiger partial charge in [-0.15, -0.1) is 0 Å². The summed E-state index contributed by atoms with van der Waals surface area (Å²) in [6.07, 6.45) is 0.152. The molecule has 3 heterocycles. The highest BCUT2D eigenvalue weighted by Gasteiger charge is 2.42. The number of amides is 3. The number of ether oxygens (including phenoxy) is 1. The van der Waals surface area contributed by atoms with Gasteiger partial charge in [0.25, 0.3) is 17.7 Å². The number of hydrazine groups is 1. The molecule has 0 aliphatic carbocycles. The summed E-state index contributed by atoms with van der Waals surface area (Å²) in [5.74, 6) is 2.29. The van der Waals surface area contributed by atoms with Gasteiger partial charge in [-0.05, 0) is 29.7 Å². The summed E-state index contributed by atoms with van der Waals surface area (Å²) in [7, 11) is 0. The zero-order valence-electron chi connectivity index (χ0n) is 19.8. The van der Waals surface area contributed by atoms with Crippen molar-refractivity contribution in [3.63, 3.8) is 0 Å². The van der Waals surface area contributed by atoms with E-state index in [9.17, 15) is 23.2 Å². The summed E-state index contributed by atoms with van der Waals surface area (Å²) in [5.41, 5.74) is 3.16. The van der Waals surface area contributed by atoms with Crippen LogP contribution in [0.25, 0.3) is 0 Å². The molecule has 0 bridgehead atoms. The maximum absolute atomic E-state index is 13.4. The summed E-state index contributed by atoms with van der Waals surface area (Å²) in [5, 5.41) is 0.603. The number of hydrogen-bond donors (Lipinski definition) is 1. The van der Waals surface area contributed by atoms with Gasteiger partial charge in [-0.25, -0.2) is 19.6 Å². The normalized spacial score (nSPS) is 22.2. The lowest BCUT2D eigenvalue weighted by Gasteiger charge is -2.33. The largest absolute Gasteiger partial charge is 0.489 e. The zero-order valence-corrected chi connectivity index (χ0v) is 19.8. The van der Waals surface area contributed by atoms with Crippen LogP contribution in [0.4, 0.5) is 8.78 Å². The molecule has 2 N–H and O–H groups in total. The van der Waals surface area contributed by atoms with Crippen molar-refractivity contribution in [1.29, 1.82) is 0 Å². The number of piperidine rings is 2. The number of alkyl halides is 2. The molecule has 2 aromatic rings. The number of fused-ring (bicyclic) bond motifs is 1. The lowest BCUT2D eigenvalue weighted by Crippen LogP contribution is -2.57. The Morgan fingerprint density at radius 1 is 1.00 bits per heavy atom. The average molecular weight is 499 g/mol. The maximum atomic E-state index is 13.4.